The topological polar surface area (TPSA) is 30.7 Å². The number of aromatic nitrogens is 3. The van der Waals surface area contributed by atoms with E-state index in [1.807, 2.05) is 6.92 Å². The van der Waals surface area contributed by atoms with Crippen molar-refractivity contribution < 1.29 is 0 Å². The molecule has 2 heterocycles. The smallest absolute Gasteiger partial charge is 0.160 e. The van der Waals surface area contributed by atoms with Gasteiger partial charge < -0.3 is 4.57 Å². The van der Waals surface area contributed by atoms with Crippen molar-refractivity contribution in [1.82, 2.24) is 14.5 Å². The zero-order chi connectivity index (χ0) is 12.0. The Bertz CT molecular complexity index is 550. The zero-order valence-corrected chi connectivity index (χ0v) is 10.9. The molecule has 2 aromatic heterocycles. The van der Waals surface area contributed by atoms with Gasteiger partial charge in [0.25, 0.3) is 0 Å². The van der Waals surface area contributed by atoms with Gasteiger partial charge in [-0.1, -0.05) is 0 Å². The summed E-state index contributed by atoms with van der Waals surface area (Å²) in [7, 11) is 0. The lowest BCUT2D eigenvalue weighted by Gasteiger charge is -2.11. The van der Waals surface area contributed by atoms with E-state index in [1.54, 1.807) is 0 Å². The summed E-state index contributed by atoms with van der Waals surface area (Å²) in [6, 6.07) is 0.402. The summed E-state index contributed by atoms with van der Waals surface area (Å²) < 4.78 is 2.20. The van der Waals surface area contributed by atoms with Gasteiger partial charge in [-0.25, -0.2) is 9.97 Å². The van der Waals surface area contributed by atoms with Gasteiger partial charge in [-0.3, -0.25) is 0 Å². The van der Waals surface area contributed by atoms with E-state index in [9.17, 15) is 0 Å². The number of aryl methyl sites for hydroxylation is 3. The first-order valence-corrected chi connectivity index (χ1v) is 5.75. The molecule has 0 aliphatic rings. The Hall–Kier alpha value is -1.38. The van der Waals surface area contributed by atoms with Gasteiger partial charge >= 0.3 is 0 Å². The fraction of sp³-hybridized carbons (Fsp3) is 0.538. The van der Waals surface area contributed by atoms with E-state index < -0.39 is 0 Å². The average molecular weight is 217 g/mol. The number of pyridine rings is 1. The summed E-state index contributed by atoms with van der Waals surface area (Å²) in [5.74, 6) is 1.05. The minimum Gasteiger partial charge on any atom is -0.310 e. The number of hydrogen-bond acceptors (Lipinski definition) is 2. The normalized spacial score (nSPS) is 11.7. The molecule has 0 radical (unpaired) electrons. The fourth-order valence-electron chi connectivity index (χ4n) is 2.20. The Labute approximate surface area is 96.5 Å². The van der Waals surface area contributed by atoms with Crippen molar-refractivity contribution in [3.63, 3.8) is 0 Å². The molecule has 16 heavy (non-hydrogen) atoms. The number of hydrogen-bond donors (Lipinski definition) is 0. The molecule has 0 unspecified atom stereocenters. The highest BCUT2D eigenvalue weighted by atomic mass is 15.1. The second-order valence-corrected chi connectivity index (χ2v) is 4.74. The molecule has 0 atom stereocenters. The largest absolute Gasteiger partial charge is 0.310 e. The Morgan fingerprint density at radius 3 is 2.12 bits per heavy atom. The average Bonchev–Trinajstić information content (AvgIpc) is 2.51. The lowest BCUT2D eigenvalue weighted by atomic mass is 10.1. The third kappa shape index (κ3) is 1.42. The van der Waals surface area contributed by atoms with Crippen LogP contribution in [0.3, 0.4) is 0 Å². The highest BCUT2D eigenvalue weighted by Crippen LogP contribution is 2.24. The van der Waals surface area contributed by atoms with Crippen LogP contribution < -0.4 is 0 Å². The maximum absolute atomic E-state index is 4.68. The van der Waals surface area contributed by atoms with Gasteiger partial charge in [0.05, 0.1) is 0 Å². The van der Waals surface area contributed by atoms with Crippen molar-refractivity contribution >= 4 is 11.2 Å². The molecule has 0 aliphatic carbocycles. The van der Waals surface area contributed by atoms with Crippen LogP contribution in [0.4, 0.5) is 0 Å². The predicted molar refractivity (Wildman–Crippen MR) is 66.9 cm³/mol. The van der Waals surface area contributed by atoms with Crippen LogP contribution in [-0.2, 0) is 0 Å². The summed E-state index contributed by atoms with van der Waals surface area (Å²) in [4.78, 5) is 9.31. The molecule has 0 saturated carbocycles. The molecule has 3 heteroatoms. The molecular weight excluding hydrogens is 198 g/mol. The van der Waals surface area contributed by atoms with Crippen LogP contribution >= 0.6 is 0 Å². The Kier molecular flexibility index (Phi) is 2.49. The van der Waals surface area contributed by atoms with Gasteiger partial charge in [0.1, 0.15) is 11.3 Å². The molecular formula is C13H19N3. The fourth-order valence-corrected chi connectivity index (χ4v) is 2.20. The molecule has 0 spiro atoms. The number of imidazole rings is 1. The Morgan fingerprint density at radius 2 is 1.56 bits per heavy atom. The standard InChI is InChI=1S/C13H19N3/c1-7(2)16-11(6)15-12-9(4)8(3)10(5)14-13(12)16/h7H,1-6H3. The minimum absolute atomic E-state index is 0.402. The lowest BCUT2D eigenvalue weighted by molar-refractivity contribution is 0.595. The van der Waals surface area contributed by atoms with Gasteiger partial charge in [-0.05, 0) is 52.7 Å². The van der Waals surface area contributed by atoms with E-state index in [1.165, 1.54) is 11.1 Å². The van der Waals surface area contributed by atoms with Crippen LogP contribution in [0.25, 0.3) is 11.2 Å². The first-order chi connectivity index (χ1) is 7.43. The summed E-state index contributed by atoms with van der Waals surface area (Å²) in [5, 5.41) is 0. The quantitative estimate of drug-likeness (QED) is 0.734. The molecule has 0 saturated heterocycles. The van der Waals surface area contributed by atoms with Crippen molar-refractivity contribution in [1.29, 1.82) is 0 Å². The highest BCUT2D eigenvalue weighted by molar-refractivity contribution is 5.77. The summed E-state index contributed by atoms with van der Waals surface area (Å²) in [6.07, 6.45) is 0. The van der Waals surface area contributed by atoms with Gasteiger partial charge in [-0.15, -0.1) is 0 Å². The maximum atomic E-state index is 4.68. The Balaban J connectivity index is 2.91. The molecule has 2 rings (SSSR count). The SMILES string of the molecule is Cc1nc2c(nc(C)n2C(C)C)c(C)c1C. The zero-order valence-electron chi connectivity index (χ0n) is 10.9. The van der Waals surface area contributed by atoms with Crippen molar-refractivity contribution in [3.8, 4) is 0 Å². The summed E-state index contributed by atoms with van der Waals surface area (Å²) >= 11 is 0. The molecule has 0 fully saturated rings. The van der Waals surface area contributed by atoms with Crippen LogP contribution in [0.1, 0.15) is 42.5 Å². The number of nitrogens with zero attached hydrogens (tertiary/aromatic N) is 3. The first kappa shape index (κ1) is 11.1. The van der Waals surface area contributed by atoms with E-state index in [2.05, 4.69) is 49.2 Å². The second-order valence-electron chi connectivity index (χ2n) is 4.74. The minimum atomic E-state index is 0.402. The third-order valence-electron chi connectivity index (χ3n) is 3.31. The first-order valence-electron chi connectivity index (χ1n) is 5.75. The van der Waals surface area contributed by atoms with Crippen LogP contribution in [0, 0.1) is 27.7 Å². The number of fused-ring (bicyclic) bond motifs is 1. The van der Waals surface area contributed by atoms with Crippen LogP contribution in [0.5, 0.6) is 0 Å². The lowest BCUT2D eigenvalue weighted by Crippen LogP contribution is -2.05. The number of rotatable bonds is 1. The van der Waals surface area contributed by atoms with Crippen LogP contribution in [-0.4, -0.2) is 14.5 Å². The maximum Gasteiger partial charge on any atom is 0.160 e. The third-order valence-corrected chi connectivity index (χ3v) is 3.31. The van der Waals surface area contributed by atoms with Crippen molar-refractivity contribution in [3.05, 3.63) is 22.6 Å². The van der Waals surface area contributed by atoms with Crippen molar-refractivity contribution in [2.45, 2.75) is 47.6 Å². The van der Waals surface area contributed by atoms with Crippen LogP contribution in [0.2, 0.25) is 0 Å². The van der Waals surface area contributed by atoms with Gasteiger partial charge in [0.2, 0.25) is 0 Å². The van der Waals surface area contributed by atoms with E-state index in [0.29, 0.717) is 6.04 Å². The molecule has 86 valence electrons. The van der Waals surface area contributed by atoms with Crippen molar-refractivity contribution in [2.24, 2.45) is 0 Å². The summed E-state index contributed by atoms with van der Waals surface area (Å²) in [5.41, 5.74) is 5.68. The second kappa shape index (κ2) is 3.58. The van der Waals surface area contributed by atoms with Gasteiger partial charge in [-0.2, -0.15) is 0 Å². The molecule has 0 N–H and O–H groups in total. The monoisotopic (exact) mass is 217 g/mol. The van der Waals surface area contributed by atoms with Gasteiger partial charge in [0.15, 0.2) is 5.65 Å². The Morgan fingerprint density at radius 1 is 0.938 bits per heavy atom. The summed E-state index contributed by atoms with van der Waals surface area (Å²) in [6.45, 7) is 12.7. The van der Waals surface area contributed by atoms with E-state index in [4.69, 9.17) is 0 Å². The molecule has 0 aromatic carbocycles. The van der Waals surface area contributed by atoms with E-state index in [0.717, 1.165) is 22.7 Å². The van der Waals surface area contributed by atoms with Gasteiger partial charge in [0, 0.05) is 11.7 Å². The molecule has 2 aromatic rings. The van der Waals surface area contributed by atoms with E-state index >= 15 is 0 Å². The molecule has 0 amide bonds. The van der Waals surface area contributed by atoms with Crippen molar-refractivity contribution in [2.75, 3.05) is 0 Å². The highest BCUT2D eigenvalue weighted by Gasteiger charge is 2.15. The van der Waals surface area contributed by atoms with E-state index in [-0.39, 0.29) is 0 Å². The molecule has 3 nitrogen and oxygen atoms in total. The molecule has 0 aliphatic heterocycles. The predicted octanol–water partition coefficient (Wildman–Crippen LogP) is 3.25. The molecule has 0 bridgehead atoms. The van der Waals surface area contributed by atoms with Crippen LogP contribution in [0.15, 0.2) is 0 Å².